The average molecular weight is 337 g/mol. The molecule has 1 saturated heterocycles. The zero-order chi connectivity index (χ0) is 16.4. The van der Waals surface area contributed by atoms with Gasteiger partial charge in [-0.25, -0.2) is 9.18 Å². The molecule has 2 amide bonds. The van der Waals surface area contributed by atoms with E-state index in [1.807, 2.05) is 19.4 Å². The lowest BCUT2D eigenvalue weighted by Crippen LogP contribution is -2.33. The van der Waals surface area contributed by atoms with Gasteiger partial charge in [-0.3, -0.25) is 4.68 Å². The van der Waals surface area contributed by atoms with Crippen molar-refractivity contribution < 1.29 is 9.18 Å². The van der Waals surface area contributed by atoms with E-state index in [-0.39, 0.29) is 11.7 Å². The second-order valence-electron chi connectivity index (χ2n) is 5.88. The largest absolute Gasteiger partial charge is 0.324 e. The van der Waals surface area contributed by atoms with Gasteiger partial charge in [-0.2, -0.15) is 5.10 Å². The van der Waals surface area contributed by atoms with Crippen molar-refractivity contribution in [3.05, 3.63) is 47.0 Å². The van der Waals surface area contributed by atoms with Crippen LogP contribution in [0.4, 0.5) is 14.9 Å². The van der Waals surface area contributed by atoms with Gasteiger partial charge in [0.2, 0.25) is 0 Å². The van der Waals surface area contributed by atoms with Crippen LogP contribution in [0.1, 0.15) is 12.0 Å². The summed E-state index contributed by atoms with van der Waals surface area (Å²) < 4.78 is 15.5. The molecule has 0 saturated carbocycles. The molecule has 7 heteroatoms. The number of carbonyl (C=O) groups is 1. The minimum absolute atomic E-state index is 0.148. The van der Waals surface area contributed by atoms with Crippen LogP contribution in [-0.2, 0) is 13.5 Å². The zero-order valence-corrected chi connectivity index (χ0v) is 13.6. The molecule has 1 fully saturated rings. The standard InChI is InChI=1S/C16H18ClFN4O/c1-21-9-12(8-19-21)6-11-4-5-22(10-11)16(23)20-15-3-2-13(17)7-14(15)18/h2-3,7-9,11H,4-6,10H2,1H3,(H,20,23). The molecule has 0 radical (unpaired) electrons. The van der Waals surface area contributed by atoms with Crippen molar-refractivity contribution in [3.8, 4) is 0 Å². The van der Waals surface area contributed by atoms with Crippen molar-refractivity contribution in [2.75, 3.05) is 18.4 Å². The Kier molecular flexibility index (Phi) is 4.52. The molecule has 1 N–H and O–H groups in total. The predicted molar refractivity (Wildman–Crippen MR) is 87.0 cm³/mol. The van der Waals surface area contributed by atoms with Gasteiger partial charge in [0.1, 0.15) is 5.82 Å². The van der Waals surface area contributed by atoms with Crippen molar-refractivity contribution in [2.45, 2.75) is 12.8 Å². The molecular weight excluding hydrogens is 319 g/mol. The number of halogens is 2. The maximum atomic E-state index is 13.7. The maximum Gasteiger partial charge on any atom is 0.321 e. The molecule has 1 aromatic heterocycles. The first-order valence-electron chi connectivity index (χ1n) is 7.50. The monoisotopic (exact) mass is 336 g/mol. The van der Waals surface area contributed by atoms with Gasteiger partial charge in [0.15, 0.2) is 0 Å². The van der Waals surface area contributed by atoms with Crippen LogP contribution in [0.3, 0.4) is 0 Å². The molecule has 1 atom stereocenters. The molecule has 0 spiro atoms. The number of urea groups is 1. The van der Waals surface area contributed by atoms with E-state index in [1.54, 1.807) is 15.6 Å². The molecule has 1 aliphatic heterocycles. The maximum absolute atomic E-state index is 13.7. The fourth-order valence-corrected chi connectivity index (χ4v) is 3.04. The van der Waals surface area contributed by atoms with E-state index in [0.29, 0.717) is 24.0 Å². The van der Waals surface area contributed by atoms with Crippen molar-refractivity contribution in [1.29, 1.82) is 0 Å². The number of likely N-dealkylation sites (tertiary alicyclic amines) is 1. The van der Waals surface area contributed by atoms with Crippen LogP contribution in [0.2, 0.25) is 5.02 Å². The smallest absolute Gasteiger partial charge is 0.321 e. The summed E-state index contributed by atoms with van der Waals surface area (Å²) in [5, 5.41) is 7.07. The fraction of sp³-hybridized carbons (Fsp3) is 0.375. The summed E-state index contributed by atoms with van der Waals surface area (Å²) in [6.07, 6.45) is 5.68. The van der Waals surface area contributed by atoms with Gasteiger partial charge >= 0.3 is 6.03 Å². The van der Waals surface area contributed by atoms with Crippen LogP contribution >= 0.6 is 11.6 Å². The number of rotatable bonds is 3. The first-order chi connectivity index (χ1) is 11.0. The molecule has 1 aliphatic rings. The van der Waals surface area contributed by atoms with Crippen LogP contribution in [0.15, 0.2) is 30.6 Å². The zero-order valence-electron chi connectivity index (χ0n) is 12.8. The topological polar surface area (TPSA) is 50.2 Å². The molecule has 122 valence electrons. The number of hydrogen-bond acceptors (Lipinski definition) is 2. The van der Waals surface area contributed by atoms with Gasteiger partial charge in [-0.1, -0.05) is 11.6 Å². The van der Waals surface area contributed by atoms with Crippen molar-refractivity contribution >= 4 is 23.3 Å². The van der Waals surface area contributed by atoms with Gasteiger partial charge < -0.3 is 10.2 Å². The van der Waals surface area contributed by atoms with E-state index in [4.69, 9.17) is 11.6 Å². The Morgan fingerprint density at radius 3 is 3.04 bits per heavy atom. The molecule has 2 heterocycles. The number of amides is 2. The predicted octanol–water partition coefficient (Wildman–Crippen LogP) is 3.31. The van der Waals surface area contributed by atoms with Crippen molar-refractivity contribution in [3.63, 3.8) is 0 Å². The summed E-state index contributed by atoms with van der Waals surface area (Å²) >= 11 is 5.71. The number of aromatic nitrogens is 2. The van der Waals surface area contributed by atoms with Crippen molar-refractivity contribution in [1.82, 2.24) is 14.7 Å². The summed E-state index contributed by atoms with van der Waals surface area (Å²) in [5.41, 5.74) is 1.32. The minimum atomic E-state index is -0.531. The third-order valence-corrected chi connectivity index (χ3v) is 4.26. The fourth-order valence-electron chi connectivity index (χ4n) is 2.88. The van der Waals surface area contributed by atoms with Crippen LogP contribution in [-0.4, -0.2) is 33.8 Å². The second kappa shape index (κ2) is 6.58. The van der Waals surface area contributed by atoms with Crippen LogP contribution < -0.4 is 5.32 Å². The number of nitrogens with one attached hydrogen (secondary N) is 1. The summed E-state index contributed by atoms with van der Waals surface area (Å²) in [5.74, 6) is -0.128. The van der Waals surface area contributed by atoms with E-state index in [9.17, 15) is 9.18 Å². The Balaban J connectivity index is 1.56. The van der Waals surface area contributed by atoms with Gasteiger partial charge in [0.25, 0.3) is 0 Å². The van der Waals surface area contributed by atoms with E-state index in [0.717, 1.165) is 12.8 Å². The Morgan fingerprint density at radius 1 is 1.52 bits per heavy atom. The Bertz CT molecular complexity index is 718. The van der Waals surface area contributed by atoms with Crippen LogP contribution in [0.5, 0.6) is 0 Å². The summed E-state index contributed by atoms with van der Waals surface area (Å²) in [4.78, 5) is 14.0. The number of hydrogen-bond donors (Lipinski definition) is 1. The van der Waals surface area contributed by atoms with E-state index in [2.05, 4.69) is 10.4 Å². The quantitative estimate of drug-likeness (QED) is 0.934. The SMILES string of the molecule is Cn1cc(CC2CCN(C(=O)Nc3ccc(Cl)cc3F)C2)cn1. The molecular formula is C16H18ClFN4O. The molecule has 0 aliphatic carbocycles. The van der Waals surface area contributed by atoms with E-state index in [1.165, 1.54) is 17.7 Å². The molecule has 5 nitrogen and oxygen atoms in total. The Hall–Kier alpha value is -2.08. The highest BCUT2D eigenvalue weighted by molar-refractivity contribution is 6.30. The normalized spacial score (nSPS) is 17.5. The number of carbonyl (C=O) groups excluding carboxylic acids is 1. The molecule has 1 aromatic carbocycles. The highest BCUT2D eigenvalue weighted by Gasteiger charge is 2.27. The third kappa shape index (κ3) is 3.82. The van der Waals surface area contributed by atoms with E-state index < -0.39 is 5.82 Å². The molecule has 23 heavy (non-hydrogen) atoms. The lowest BCUT2D eigenvalue weighted by atomic mass is 10.0. The lowest BCUT2D eigenvalue weighted by Gasteiger charge is -2.17. The number of benzene rings is 1. The number of aryl methyl sites for hydroxylation is 1. The Labute approximate surface area is 139 Å². The third-order valence-electron chi connectivity index (χ3n) is 4.03. The first-order valence-corrected chi connectivity index (χ1v) is 7.87. The summed E-state index contributed by atoms with van der Waals surface area (Å²) in [6.45, 7) is 1.34. The van der Waals surface area contributed by atoms with Gasteiger partial charge in [0, 0.05) is 31.4 Å². The molecule has 1 unspecified atom stereocenters. The number of anilines is 1. The van der Waals surface area contributed by atoms with Crippen LogP contribution in [0.25, 0.3) is 0 Å². The molecule has 0 bridgehead atoms. The van der Waals surface area contributed by atoms with Crippen LogP contribution in [0, 0.1) is 11.7 Å². The molecule has 3 rings (SSSR count). The first kappa shape index (κ1) is 15.8. The molecule has 2 aromatic rings. The number of nitrogens with zero attached hydrogens (tertiary/aromatic N) is 3. The lowest BCUT2D eigenvalue weighted by molar-refractivity contribution is 0.220. The van der Waals surface area contributed by atoms with Gasteiger partial charge in [-0.15, -0.1) is 0 Å². The van der Waals surface area contributed by atoms with Gasteiger partial charge in [-0.05, 0) is 42.5 Å². The second-order valence-corrected chi connectivity index (χ2v) is 6.32. The van der Waals surface area contributed by atoms with E-state index >= 15 is 0 Å². The highest BCUT2D eigenvalue weighted by Crippen LogP contribution is 2.23. The average Bonchev–Trinajstić information content (AvgIpc) is 3.12. The Morgan fingerprint density at radius 2 is 2.35 bits per heavy atom. The summed E-state index contributed by atoms with van der Waals surface area (Å²) in [6, 6.07) is 3.93. The highest BCUT2D eigenvalue weighted by atomic mass is 35.5. The summed E-state index contributed by atoms with van der Waals surface area (Å²) in [7, 11) is 1.89. The minimum Gasteiger partial charge on any atom is -0.324 e. The van der Waals surface area contributed by atoms with Crippen molar-refractivity contribution in [2.24, 2.45) is 13.0 Å². The van der Waals surface area contributed by atoms with Gasteiger partial charge in [0.05, 0.1) is 11.9 Å².